The van der Waals surface area contributed by atoms with Gasteiger partial charge < -0.3 is 15.3 Å². The first-order valence-electron chi connectivity index (χ1n) is 5.23. The highest BCUT2D eigenvalue weighted by atomic mass is 16.4. The van der Waals surface area contributed by atoms with Crippen molar-refractivity contribution >= 4 is 12.0 Å². The standard InChI is InChI=1S/C11H16N2O3/c1-3-4-13(7-10(14)15)11(16)12-9-5-8(2)6-9/h1,8-9H,4-7H2,2H3,(H,12,16)(H,14,15). The Morgan fingerprint density at radius 1 is 1.56 bits per heavy atom. The largest absolute Gasteiger partial charge is 0.480 e. The lowest BCUT2D eigenvalue weighted by molar-refractivity contribution is -0.137. The monoisotopic (exact) mass is 224 g/mol. The summed E-state index contributed by atoms with van der Waals surface area (Å²) in [5.41, 5.74) is 0. The summed E-state index contributed by atoms with van der Waals surface area (Å²) in [5, 5.41) is 11.4. The highest BCUT2D eigenvalue weighted by molar-refractivity contribution is 5.80. The van der Waals surface area contributed by atoms with Gasteiger partial charge in [0.15, 0.2) is 0 Å². The zero-order chi connectivity index (χ0) is 12.1. The number of amides is 2. The predicted octanol–water partition coefficient (Wildman–Crippen LogP) is 0.514. The number of nitrogens with one attached hydrogen (secondary N) is 1. The summed E-state index contributed by atoms with van der Waals surface area (Å²) in [4.78, 5) is 23.3. The average molecular weight is 224 g/mol. The van der Waals surface area contributed by atoms with Crippen molar-refractivity contribution in [1.29, 1.82) is 0 Å². The van der Waals surface area contributed by atoms with E-state index in [1.54, 1.807) is 0 Å². The first-order chi connectivity index (χ1) is 7.52. The number of carboxylic acid groups (broad SMARTS) is 1. The summed E-state index contributed by atoms with van der Waals surface area (Å²) in [6.45, 7) is 1.76. The van der Waals surface area contributed by atoms with Crippen LogP contribution in [-0.2, 0) is 4.79 Å². The van der Waals surface area contributed by atoms with Crippen LogP contribution >= 0.6 is 0 Å². The first-order valence-corrected chi connectivity index (χ1v) is 5.23. The SMILES string of the molecule is C#CCN(CC(=O)O)C(=O)NC1CC(C)C1. The predicted molar refractivity (Wildman–Crippen MR) is 58.8 cm³/mol. The Balaban J connectivity index is 2.41. The van der Waals surface area contributed by atoms with Crippen molar-refractivity contribution in [2.75, 3.05) is 13.1 Å². The second kappa shape index (κ2) is 5.40. The van der Waals surface area contributed by atoms with Gasteiger partial charge in [0.1, 0.15) is 6.54 Å². The fourth-order valence-electron chi connectivity index (χ4n) is 1.76. The molecule has 16 heavy (non-hydrogen) atoms. The number of hydrogen-bond acceptors (Lipinski definition) is 2. The van der Waals surface area contributed by atoms with E-state index in [0.29, 0.717) is 5.92 Å². The Morgan fingerprint density at radius 2 is 2.19 bits per heavy atom. The fraction of sp³-hybridized carbons (Fsp3) is 0.636. The first kappa shape index (κ1) is 12.4. The quantitative estimate of drug-likeness (QED) is 0.684. The van der Waals surface area contributed by atoms with E-state index in [2.05, 4.69) is 18.2 Å². The van der Waals surface area contributed by atoms with Crippen molar-refractivity contribution in [3.63, 3.8) is 0 Å². The Labute approximate surface area is 94.8 Å². The average Bonchev–Trinajstić information content (AvgIpc) is 2.14. The summed E-state index contributed by atoms with van der Waals surface area (Å²) in [6, 6.07) is -0.228. The van der Waals surface area contributed by atoms with E-state index < -0.39 is 12.0 Å². The van der Waals surface area contributed by atoms with Crippen LogP contribution in [0.1, 0.15) is 19.8 Å². The van der Waals surface area contributed by atoms with E-state index >= 15 is 0 Å². The molecular weight excluding hydrogens is 208 g/mol. The molecule has 5 nitrogen and oxygen atoms in total. The number of aliphatic carboxylic acids is 1. The lowest BCUT2D eigenvalue weighted by Crippen LogP contribution is -2.50. The van der Waals surface area contributed by atoms with Gasteiger partial charge in [-0.25, -0.2) is 4.79 Å². The van der Waals surface area contributed by atoms with Crippen LogP contribution < -0.4 is 5.32 Å². The molecule has 0 bridgehead atoms. The van der Waals surface area contributed by atoms with E-state index in [1.807, 2.05) is 0 Å². The fourth-order valence-corrected chi connectivity index (χ4v) is 1.76. The normalized spacial score (nSPS) is 22.8. The Kier molecular flexibility index (Phi) is 4.18. The summed E-state index contributed by atoms with van der Waals surface area (Å²) in [5.74, 6) is 1.84. The van der Waals surface area contributed by atoms with Crippen molar-refractivity contribution in [3.8, 4) is 12.3 Å². The molecule has 88 valence electrons. The van der Waals surface area contributed by atoms with Crippen LogP contribution in [0.2, 0.25) is 0 Å². The van der Waals surface area contributed by atoms with Gasteiger partial charge in [0.05, 0.1) is 6.54 Å². The van der Waals surface area contributed by atoms with E-state index in [1.165, 1.54) is 0 Å². The van der Waals surface area contributed by atoms with Crippen LogP contribution in [0, 0.1) is 18.3 Å². The third-order valence-electron chi connectivity index (χ3n) is 2.60. The van der Waals surface area contributed by atoms with Gasteiger partial charge in [0, 0.05) is 6.04 Å². The van der Waals surface area contributed by atoms with Gasteiger partial charge in [-0.3, -0.25) is 4.79 Å². The molecule has 0 aromatic carbocycles. The number of terminal acetylenes is 1. The van der Waals surface area contributed by atoms with E-state index in [-0.39, 0.29) is 19.1 Å². The summed E-state index contributed by atoms with van der Waals surface area (Å²) >= 11 is 0. The minimum atomic E-state index is -1.06. The molecule has 5 heteroatoms. The molecule has 1 aliphatic carbocycles. The molecule has 0 spiro atoms. The van der Waals surface area contributed by atoms with E-state index in [9.17, 15) is 9.59 Å². The van der Waals surface area contributed by atoms with Gasteiger partial charge in [0.2, 0.25) is 0 Å². The maximum atomic E-state index is 11.6. The zero-order valence-electron chi connectivity index (χ0n) is 9.27. The third kappa shape index (κ3) is 3.46. The molecule has 0 aliphatic heterocycles. The summed E-state index contributed by atoms with van der Waals surface area (Å²) < 4.78 is 0. The smallest absolute Gasteiger partial charge is 0.323 e. The topological polar surface area (TPSA) is 69.6 Å². The molecule has 2 N–H and O–H groups in total. The molecule has 0 aromatic heterocycles. The zero-order valence-corrected chi connectivity index (χ0v) is 9.27. The van der Waals surface area contributed by atoms with Crippen molar-refractivity contribution in [2.45, 2.75) is 25.8 Å². The Morgan fingerprint density at radius 3 is 2.62 bits per heavy atom. The van der Waals surface area contributed by atoms with Gasteiger partial charge in [0.25, 0.3) is 0 Å². The molecule has 1 rings (SSSR count). The van der Waals surface area contributed by atoms with Crippen molar-refractivity contribution in [3.05, 3.63) is 0 Å². The molecule has 1 saturated carbocycles. The molecular formula is C11H16N2O3. The van der Waals surface area contributed by atoms with Gasteiger partial charge in [-0.15, -0.1) is 6.42 Å². The lowest BCUT2D eigenvalue weighted by Gasteiger charge is -2.34. The van der Waals surface area contributed by atoms with Gasteiger partial charge in [-0.2, -0.15) is 0 Å². The molecule has 0 atom stereocenters. The minimum absolute atomic E-state index is 0.0143. The number of hydrogen-bond donors (Lipinski definition) is 2. The van der Waals surface area contributed by atoms with Crippen LogP contribution in [-0.4, -0.2) is 41.1 Å². The number of carboxylic acids is 1. The van der Waals surface area contributed by atoms with Crippen LogP contribution in [0.5, 0.6) is 0 Å². The lowest BCUT2D eigenvalue weighted by atomic mass is 9.82. The second-order valence-electron chi connectivity index (χ2n) is 4.18. The molecule has 0 saturated heterocycles. The highest BCUT2D eigenvalue weighted by Gasteiger charge is 2.28. The number of carbonyl (C=O) groups excluding carboxylic acids is 1. The molecule has 1 fully saturated rings. The van der Waals surface area contributed by atoms with Crippen LogP contribution in [0.3, 0.4) is 0 Å². The summed E-state index contributed by atoms with van der Waals surface area (Å²) in [6.07, 6.45) is 6.97. The van der Waals surface area contributed by atoms with Crippen LogP contribution in [0.4, 0.5) is 4.79 Å². The number of carbonyl (C=O) groups is 2. The van der Waals surface area contributed by atoms with Crippen molar-refractivity contribution in [1.82, 2.24) is 10.2 Å². The molecule has 0 aromatic rings. The van der Waals surface area contributed by atoms with Crippen LogP contribution in [0.15, 0.2) is 0 Å². The van der Waals surface area contributed by atoms with Gasteiger partial charge >= 0.3 is 12.0 Å². The minimum Gasteiger partial charge on any atom is -0.480 e. The molecule has 2 amide bonds. The number of urea groups is 1. The maximum Gasteiger partial charge on any atom is 0.323 e. The molecule has 0 unspecified atom stereocenters. The van der Waals surface area contributed by atoms with Crippen LogP contribution in [0.25, 0.3) is 0 Å². The maximum absolute atomic E-state index is 11.6. The third-order valence-corrected chi connectivity index (χ3v) is 2.60. The number of nitrogens with zero attached hydrogens (tertiary/aromatic N) is 1. The Hall–Kier alpha value is -1.70. The van der Waals surface area contributed by atoms with Gasteiger partial charge in [-0.1, -0.05) is 12.8 Å². The van der Waals surface area contributed by atoms with Crippen molar-refractivity contribution in [2.24, 2.45) is 5.92 Å². The number of rotatable bonds is 4. The highest BCUT2D eigenvalue weighted by Crippen LogP contribution is 2.26. The summed E-state index contributed by atoms with van der Waals surface area (Å²) in [7, 11) is 0. The molecule has 0 radical (unpaired) electrons. The van der Waals surface area contributed by atoms with Gasteiger partial charge in [-0.05, 0) is 18.8 Å². The molecule has 1 aliphatic rings. The Bertz CT molecular complexity index is 316. The second-order valence-corrected chi connectivity index (χ2v) is 4.18. The van der Waals surface area contributed by atoms with E-state index in [4.69, 9.17) is 11.5 Å². The molecule has 0 heterocycles. The van der Waals surface area contributed by atoms with Crippen molar-refractivity contribution < 1.29 is 14.7 Å². The van der Waals surface area contributed by atoms with E-state index in [0.717, 1.165) is 17.7 Å².